The summed E-state index contributed by atoms with van der Waals surface area (Å²) in [5.74, 6) is 0.791. The first-order chi connectivity index (χ1) is 5.33. The normalized spacial score (nSPS) is 9.91. The highest BCUT2D eigenvalue weighted by atomic mass is 16.1. The van der Waals surface area contributed by atoms with Gasteiger partial charge in [-0.15, -0.1) is 0 Å². The zero-order valence-corrected chi connectivity index (χ0v) is 6.63. The van der Waals surface area contributed by atoms with Crippen molar-refractivity contribution >= 4 is 0 Å². The van der Waals surface area contributed by atoms with Gasteiger partial charge in [-0.05, 0) is 6.42 Å². The van der Waals surface area contributed by atoms with Crippen molar-refractivity contribution < 1.29 is 0 Å². The zero-order valence-electron chi connectivity index (χ0n) is 6.63. The van der Waals surface area contributed by atoms with E-state index in [1.165, 1.54) is 6.07 Å². The van der Waals surface area contributed by atoms with Gasteiger partial charge in [0.25, 0.3) is 5.56 Å². The Balaban J connectivity index is 2.64. The van der Waals surface area contributed by atoms with E-state index in [9.17, 15) is 4.79 Å². The molecule has 0 aliphatic carbocycles. The zero-order chi connectivity index (χ0) is 8.10. The minimum absolute atomic E-state index is 0.0638. The number of aromatic nitrogens is 2. The molecule has 11 heavy (non-hydrogen) atoms. The van der Waals surface area contributed by atoms with Gasteiger partial charge in [0.15, 0.2) is 0 Å². The number of aryl methyl sites for hydroxylation is 1. The predicted molar refractivity (Wildman–Crippen MR) is 43.5 cm³/mol. The smallest absolute Gasteiger partial charge is 0.250 e. The van der Waals surface area contributed by atoms with Gasteiger partial charge in [-0.3, -0.25) is 4.79 Å². The second kappa shape index (κ2) is 3.91. The lowest BCUT2D eigenvalue weighted by Crippen LogP contribution is -2.08. The SMILES string of the molecule is CCCCc1nccc(=O)[nH]1. The fourth-order valence-electron chi connectivity index (χ4n) is 0.882. The molecule has 1 rings (SSSR count). The highest BCUT2D eigenvalue weighted by molar-refractivity contribution is 4.88. The number of nitrogens with zero attached hydrogens (tertiary/aromatic N) is 1. The molecule has 0 atom stereocenters. The van der Waals surface area contributed by atoms with Crippen LogP contribution in [-0.2, 0) is 6.42 Å². The lowest BCUT2D eigenvalue weighted by atomic mass is 10.2. The Morgan fingerprint density at radius 1 is 1.64 bits per heavy atom. The Bertz CT molecular complexity index is 267. The van der Waals surface area contributed by atoms with Crippen LogP contribution in [0.2, 0.25) is 0 Å². The van der Waals surface area contributed by atoms with Crippen molar-refractivity contribution in [2.24, 2.45) is 0 Å². The minimum atomic E-state index is -0.0638. The molecule has 1 heterocycles. The number of nitrogens with one attached hydrogen (secondary N) is 1. The summed E-state index contributed by atoms with van der Waals surface area (Å²) in [6.07, 6.45) is 4.61. The van der Waals surface area contributed by atoms with E-state index in [1.807, 2.05) is 0 Å². The second-order valence-electron chi connectivity index (χ2n) is 2.48. The molecule has 1 aromatic heterocycles. The van der Waals surface area contributed by atoms with Crippen LogP contribution >= 0.6 is 0 Å². The molecule has 0 radical (unpaired) electrons. The van der Waals surface area contributed by atoms with Gasteiger partial charge in [-0.2, -0.15) is 0 Å². The Morgan fingerprint density at radius 3 is 3.09 bits per heavy atom. The largest absolute Gasteiger partial charge is 0.311 e. The molecule has 60 valence electrons. The summed E-state index contributed by atoms with van der Waals surface area (Å²) in [6.45, 7) is 2.11. The summed E-state index contributed by atoms with van der Waals surface area (Å²) >= 11 is 0. The van der Waals surface area contributed by atoms with Crippen molar-refractivity contribution in [2.75, 3.05) is 0 Å². The molecule has 3 nitrogen and oxygen atoms in total. The molecule has 0 bridgehead atoms. The number of hydrogen-bond donors (Lipinski definition) is 1. The molecule has 0 fully saturated rings. The van der Waals surface area contributed by atoms with Gasteiger partial charge in [0.05, 0.1) is 0 Å². The van der Waals surface area contributed by atoms with Gasteiger partial charge < -0.3 is 4.98 Å². The Kier molecular flexibility index (Phi) is 2.83. The third-order valence-corrected chi connectivity index (χ3v) is 1.49. The molecule has 0 unspecified atom stereocenters. The molecule has 0 aromatic carbocycles. The van der Waals surface area contributed by atoms with Crippen molar-refractivity contribution in [3.63, 3.8) is 0 Å². The first kappa shape index (κ1) is 7.98. The van der Waals surface area contributed by atoms with Crippen LogP contribution in [0.25, 0.3) is 0 Å². The maximum atomic E-state index is 10.8. The molecule has 0 saturated heterocycles. The summed E-state index contributed by atoms with van der Waals surface area (Å²) in [5, 5.41) is 0. The molecule has 0 amide bonds. The molecule has 1 aromatic rings. The Hall–Kier alpha value is -1.12. The first-order valence-corrected chi connectivity index (χ1v) is 3.87. The van der Waals surface area contributed by atoms with Crippen molar-refractivity contribution in [1.29, 1.82) is 0 Å². The van der Waals surface area contributed by atoms with Crippen LogP contribution in [0.3, 0.4) is 0 Å². The van der Waals surface area contributed by atoms with E-state index >= 15 is 0 Å². The molecule has 0 saturated carbocycles. The van der Waals surface area contributed by atoms with Gasteiger partial charge in [-0.25, -0.2) is 4.98 Å². The van der Waals surface area contributed by atoms with Crippen LogP contribution in [0.15, 0.2) is 17.1 Å². The van der Waals surface area contributed by atoms with Gasteiger partial charge >= 0.3 is 0 Å². The van der Waals surface area contributed by atoms with Gasteiger partial charge in [0.2, 0.25) is 0 Å². The Labute approximate surface area is 65.5 Å². The fraction of sp³-hybridized carbons (Fsp3) is 0.500. The fourth-order valence-corrected chi connectivity index (χ4v) is 0.882. The summed E-state index contributed by atoms with van der Waals surface area (Å²) in [5.41, 5.74) is -0.0638. The molecular weight excluding hydrogens is 140 g/mol. The summed E-state index contributed by atoms with van der Waals surface area (Å²) < 4.78 is 0. The number of aromatic amines is 1. The maximum Gasteiger partial charge on any atom is 0.250 e. The lowest BCUT2D eigenvalue weighted by Gasteiger charge is -1.95. The average molecular weight is 152 g/mol. The van der Waals surface area contributed by atoms with Gasteiger partial charge in [0.1, 0.15) is 5.82 Å². The first-order valence-electron chi connectivity index (χ1n) is 3.87. The van der Waals surface area contributed by atoms with Crippen molar-refractivity contribution in [1.82, 2.24) is 9.97 Å². The van der Waals surface area contributed by atoms with Crippen molar-refractivity contribution in [2.45, 2.75) is 26.2 Å². The lowest BCUT2D eigenvalue weighted by molar-refractivity contribution is 0.748. The maximum absolute atomic E-state index is 10.8. The van der Waals surface area contributed by atoms with E-state index < -0.39 is 0 Å². The van der Waals surface area contributed by atoms with Crippen LogP contribution in [-0.4, -0.2) is 9.97 Å². The van der Waals surface area contributed by atoms with Crippen LogP contribution in [0.4, 0.5) is 0 Å². The third-order valence-electron chi connectivity index (χ3n) is 1.49. The van der Waals surface area contributed by atoms with Crippen LogP contribution in [0, 0.1) is 0 Å². The Morgan fingerprint density at radius 2 is 2.45 bits per heavy atom. The van der Waals surface area contributed by atoms with Crippen molar-refractivity contribution in [3.05, 3.63) is 28.4 Å². The second-order valence-corrected chi connectivity index (χ2v) is 2.48. The predicted octanol–water partition coefficient (Wildman–Crippen LogP) is 1.11. The molecule has 1 N–H and O–H groups in total. The number of hydrogen-bond acceptors (Lipinski definition) is 2. The molecule has 0 aliphatic rings. The van der Waals surface area contributed by atoms with E-state index in [0.717, 1.165) is 25.1 Å². The number of rotatable bonds is 3. The standard InChI is InChI=1S/C8H12N2O/c1-2-3-4-7-9-6-5-8(11)10-7/h5-6H,2-4H2,1H3,(H,9,10,11). The molecule has 0 aliphatic heterocycles. The third kappa shape index (κ3) is 2.53. The number of unbranched alkanes of at least 4 members (excludes halogenated alkanes) is 1. The number of H-pyrrole nitrogens is 1. The van der Waals surface area contributed by atoms with Crippen molar-refractivity contribution in [3.8, 4) is 0 Å². The highest BCUT2D eigenvalue weighted by Crippen LogP contribution is 1.94. The van der Waals surface area contributed by atoms with E-state index in [4.69, 9.17) is 0 Å². The van der Waals surface area contributed by atoms with Gasteiger partial charge in [0, 0.05) is 18.7 Å². The van der Waals surface area contributed by atoms with E-state index in [0.29, 0.717) is 0 Å². The highest BCUT2D eigenvalue weighted by Gasteiger charge is 1.92. The molecular formula is C8H12N2O. The summed E-state index contributed by atoms with van der Waals surface area (Å²) in [6, 6.07) is 1.43. The quantitative estimate of drug-likeness (QED) is 0.705. The molecule has 0 spiro atoms. The van der Waals surface area contributed by atoms with E-state index in [1.54, 1.807) is 6.20 Å². The topological polar surface area (TPSA) is 45.8 Å². The summed E-state index contributed by atoms with van der Waals surface area (Å²) in [7, 11) is 0. The van der Waals surface area contributed by atoms with Crippen LogP contribution in [0.1, 0.15) is 25.6 Å². The van der Waals surface area contributed by atoms with Crippen LogP contribution < -0.4 is 5.56 Å². The monoisotopic (exact) mass is 152 g/mol. The molecule has 3 heteroatoms. The summed E-state index contributed by atoms with van der Waals surface area (Å²) in [4.78, 5) is 17.5. The van der Waals surface area contributed by atoms with Crippen LogP contribution in [0.5, 0.6) is 0 Å². The van der Waals surface area contributed by atoms with Gasteiger partial charge in [-0.1, -0.05) is 13.3 Å². The van der Waals surface area contributed by atoms with E-state index in [-0.39, 0.29) is 5.56 Å². The van der Waals surface area contributed by atoms with E-state index in [2.05, 4.69) is 16.9 Å². The average Bonchev–Trinajstić information content (AvgIpc) is 2.01. The minimum Gasteiger partial charge on any atom is -0.311 e.